The summed E-state index contributed by atoms with van der Waals surface area (Å²) in [4.78, 5) is 31.0. The van der Waals surface area contributed by atoms with E-state index < -0.39 is 0 Å². The highest BCUT2D eigenvalue weighted by atomic mass is 16.5. The second-order valence-electron chi connectivity index (χ2n) is 8.53. The lowest BCUT2D eigenvalue weighted by Crippen LogP contribution is -2.20. The molecule has 2 N–H and O–H groups in total. The van der Waals surface area contributed by atoms with E-state index in [9.17, 15) is 4.79 Å². The summed E-state index contributed by atoms with van der Waals surface area (Å²) >= 11 is 0. The Balaban J connectivity index is 1.40. The molecule has 0 saturated heterocycles. The van der Waals surface area contributed by atoms with Gasteiger partial charge >= 0.3 is 0 Å². The Kier molecular flexibility index (Phi) is 4.97. The predicted molar refractivity (Wildman–Crippen MR) is 116 cm³/mol. The molecule has 2 unspecified atom stereocenters. The molecule has 9 heteroatoms. The van der Waals surface area contributed by atoms with Gasteiger partial charge in [0.2, 0.25) is 17.7 Å². The third-order valence-corrected chi connectivity index (χ3v) is 5.69. The van der Waals surface area contributed by atoms with Crippen molar-refractivity contribution in [3.8, 4) is 22.9 Å². The molecule has 2 aliphatic carbocycles. The Morgan fingerprint density at radius 2 is 2.06 bits per heavy atom. The van der Waals surface area contributed by atoms with Gasteiger partial charge in [-0.3, -0.25) is 4.79 Å². The summed E-state index contributed by atoms with van der Waals surface area (Å²) in [6, 6.07) is 3.75. The molecule has 31 heavy (non-hydrogen) atoms. The van der Waals surface area contributed by atoms with Gasteiger partial charge in [0.15, 0.2) is 0 Å². The van der Waals surface area contributed by atoms with Crippen molar-refractivity contribution in [2.75, 3.05) is 33.1 Å². The third kappa shape index (κ3) is 4.05. The van der Waals surface area contributed by atoms with Crippen molar-refractivity contribution >= 4 is 22.8 Å². The zero-order chi connectivity index (χ0) is 21.5. The molecular formula is C22H26N6O3. The van der Waals surface area contributed by atoms with E-state index in [4.69, 9.17) is 9.47 Å². The van der Waals surface area contributed by atoms with E-state index in [0.29, 0.717) is 34.7 Å². The van der Waals surface area contributed by atoms with E-state index in [1.54, 1.807) is 7.11 Å². The van der Waals surface area contributed by atoms with E-state index in [-0.39, 0.29) is 17.9 Å². The van der Waals surface area contributed by atoms with E-state index in [1.165, 1.54) is 6.33 Å². The fourth-order valence-electron chi connectivity index (χ4n) is 3.91. The van der Waals surface area contributed by atoms with Crippen molar-refractivity contribution in [1.82, 2.24) is 24.8 Å². The van der Waals surface area contributed by atoms with Crippen LogP contribution in [0, 0.1) is 11.8 Å². The number of nitrogens with zero attached hydrogens (tertiary/aromatic N) is 4. The van der Waals surface area contributed by atoms with Gasteiger partial charge < -0.3 is 24.7 Å². The van der Waals surface area contributed by atoms with Gasteiger partial charge in [0, 0.05) is 29.6 Å². The van der Waals surface area contributed by atoms with Crippen LogP contribution < -0.4 is 14.8 Å². The Bertz CT molecular complexity index is 1120. The van der Waals surface area contributed by atoms with Crippen molar-refractivity contribution in [3.63, 3.8) is 0 Å². The van der Waals surface area contributed by atoms with Crippen LogP contribution in [0.25, 0.3) is 22.2 Å². The van der Waals surface area contributed by atoms with Crippen LogP contribution in [0.5, 0.6) is 11.8 Å². The summed E-state index contributed by atoms with van der Waals surface area (Å²) in [5, 5.41) is 3.83. The number of pyridine rings is 1. The van der Waals surface area contributed by atoms with E-state index in [1.807, 2.05) is 32.4 Å². The number of methoxy groups -OCH3 is 1. The van der Waals surface area contributed by atoms with Crippen LogP contribution in [0.4, 0.5) is 5.82 Å². The van der Waals surface area contributed by atoms with Crippen LogP contribution in [0.2, 0.25) is 0 Å². The van der Waals surface area contributed by atoms with Gasteiger partial charge in [-0.1, -0.05) is 0 Å². The Morgan fingerprint density at radius 1 is 1.26 bits per heavy atom. The molecule has 3 aromatic heterocycles. The topological polar surface area (TPSA) is 105 Å². The first-order valence-corrected chi connectivity index (χ1v) is 10.5. The summed E-state index contributed by atoms with van der Waals surface area (Å²) in [6.07, 6.45) is 6.47. The standard InChI is InChI=1S/C22H26N6O3/c1-28(2)10-12-8-15(12)20(29)27-17-7-6-14-16(9-23-19(14)26-17)18-21(30-3)24-11-25-22(18)31-13-4-5-13/h6-7,9,11-13,15H,4-5,8,10H2,1-3H3,(H2,23,26,27,29). The molecule has 2 aliphatic rings. The van der Waals surface area contributed by atoms with E-state index >= 15 is 0 Å². The molecule has 0 aromatic carbocycles. The van der Waals surface area contributed by atoms with Crippen LogP contribution in [-0.4, -0.2) is 64.6 Å². The van der Waals surface area contributed by atoms with Gasteiger partial charge in [-0.05, 0) is 51.4 Å². The summed E-state index contributed by atoms with van der Waals surface area (Å²) in [7, 11) is 5.63. The highest BCUT2D eigenvalue weighted by Gasteiger charge is 2.43. The number of aromatic amines is 1. The average molecular weight is 422 g/mol. The molecule has 1 amide bonds. The number of rotatable bonds is 8. The molecule has 3 aromatic rings. The van der Waals surface area contributed by atoms with Crippen molar-refractivity contribution < 1.29 is 14.3 Å². The maximum atomic E-state index is 12.5. The molecule has 0 bridgehead atoms. The summed E-state index contributed by atoms with van der Waals surface area (Å²) in [5.74, 6) is 2.01. The second kappa shape index (κ2) is 7.81. The van der Waals surface area contributed by atoms with E-state index in [0.717, 1.165) is 36.8 Å². The molecule has 162 valence electrons. The summed E-state index contributed by atoms with van der Waals surface area (Å²) in [5.41, 5.74) is 2.21. The smallest absolute Gasteiger partial charge is 0.228 e. The minimum atomic E-state index is 0.0312. The quantitative estimate of drug-likeness (QED) is 0.575. The molecule has 9 nitrogen and oxygen atoms in total. The largest absolute Gasteiger partial charge is 0.480 e. The molecule has 2 atom stereocenters. The number of aromatic nitrogens is 4. The monoisotopic (exact) mass is 422 g/mol. The Labute approximate surface area is 180 Å². The van der Waals surface area contributed by atoms with Crippen molar-refractivity contribution in [3.05, 3.63) is 24.7 Å². The lowest BCUT2D eigenvalue weighted by atomic mass is 10.1. The first-order chi connectivity index (χ1) is 15.0. The number of carbonyl (C=O) groups is 1. The van der Waals surface area contributed by atoms with Gasteiger partial charge in [-0.25, -0.2) is 15.0 Å². The van der Waals surface area contributed by atoms with Gasteiger partial charge in [0.05, 0.1) is 7.11 Å². The zero-order valence-corrected chi connectivity index (χ0v) is 17.9. The minimum absolute atomic E-state index is 0.0312. The van der Waals surface area contributed by atoms with Crippen LogP contribution >= 0.6 is 0 Å². The third-order valence-electron chi connectivity index (χ3n) is 5.69. The Morgan fingerprint density at radius 3 is 2.81 bits per heavy atom. The molecular weight excluding hydrogens is 396 g/mol. The molecule has 0 aliphatic heterocycles. The first-order valence-electron chi connectivity index (χ1n) is 10.5. The molecule has 3 heterocycles. The van der Waals surface area contributed by atoms with Crippen LogP contribution in [0.1, 0.15) is 19.3 Å². The number of hydrogen-bond acceptors (Lipinski definition) is 7. The van der Waals surface area contributed by atoms with Gasteiger partial charge in [0.1, 0.15) is 29.5 Å². The van der Waals surface area contributed by atoms with Gasteiger partial charge in [-0.2, -0.15) is 0 Å². The van der Waals surface area contributed by atoms with Crippen LogP contribution in [0.3, 0.4) is 0 Å². The van der Waals surface area contributed by atoms with Gasteiger partial charge in [-0.15, -0.1) is 0 Å². The summed E-state index contributed by atoms with van der Waals surface area (Å²) in [6.45, 7) is 0.927. The maximum Gasteiger partial charge on any atom is 0.228 e. The maximum absolute atomic E-state index is 12.5. The molecule has 0 radical (unpaired) electrons. The van der Waals surface area contributed by atoms with Crippen LogP contribution in [-0.2, 0) is 4.79 Å². The first kappa shape index (κ1) is 19.7. The van der Waals surface area contributed by atoms with Crippen molar-refractivity contribution in [1.29, 1.82) is 0 Å². The minimum Gasteiger partial charge on any atom is -0.480 e. The Hall–Kier alpha value is -3.20. The fourth-order valence-corrected chi connectivity index (χ4v) is 3.91. The number of amides is 1. The average Bonchev–Trinajstić information content (AvgIpc) is 3.66. The predicted octanol–water partition coefficient (Wildman–Crippen LogP) is 2.71. The number of anilines is 1. The number of fused-ring (bicyclic) bond motifs is 1. The lowest BCUT2D eigenvalue weighted by Gasteiger charge is -2.12. The molecule has 2 fully saturated rings. The number of H-pyrrole nitrogens is 1. The molecule has 2 saturated carbocycles. The number of nitrogens with one attached hydrogen (secondary N) is 2. The van der Waals surface area contributed by atoms with Crippen molar-refractivity contribution in [2.24, 2.45) is 11.8 Å². The number of hydrogen-bond donors (Lipinski definition) is 2. The normalized spacial score (nSPS) is 20.1. The zero-order valence-electron chi connectivity index (χ0n) is 17.9. The highest BCUT2D eigenvalue weighted by molar-refractivity contribution is 5.99. The SMILES string of the molecule is COc1ncnc(OC2CC2)c1-c1c[nH]c2nc(NC(=O)C3CC3CN(C)C)ccc12. The fraction of sp³-hybridized carbons (Fsp3) is 0.455. The number of ether oxygens (including phenoxy) is 2. The van der Waals surface area contributed by atoms with Crippen LogP contribution in [0.15, 0.2) is 24.7 Å². The van der Waals surface area contributed by atoms with E-state index in [2.05, 4.69) is 30.2 Å². The van der Waals surface area contributed by atoms with Gasteiger partial charge in [0.25, 0.3) is 0 Å². The summed E-state index contributed by atoms with van der Waals surface area (Å²) < 4.78 is 11.5. The number of carbonyl (C=O) groups excluding carboxylic acids is 1. The second-order valence-corrected chi connectivity index (χ2v) is 8.53. The molecule has 0 spiro atoms. The van der Waals surface area contributed by atoms with Crippen molar-refractivity contribution in [2.45, 2.75) is 25.4 Å². The molecule has 5 rings (SSSR count). The highest BCUT2D eigenvalue weighted by Crippen LogP contribution is 2.42. The lowest BCUT2D eigenvalue weighted by molar-refractivity contribution is -0.117.